The standard InChI is InChI=1S/C16H21N5/c1-10-15(11-5-6-11)20-16(18-10)13-3-2-4-14(19-13)21-8-7-12(17)9-21/h2-4,11-12H,5-9,17H2,1H3,(H,18,20)/t12-/m1/s1. The number of aryl methyl sites for hydroxylation is 1. The van der Waals surface area contributed by atoms with Gasteiger partial charge in [0.25, 0.3) is 0 Å². The van der Waals surface area contributed by atoms with Crippen molar-refractivity contribution in [1.82, 2.24) is 15.0 Å². The first-order valence-electron chi connectivity index (χ1n) is 7.75. The molecule has 0 bridgehead atoms. The Kier molecular flexibility index (Phi) is 2.96. The number of nitrogens with one attached hydrogen (secondary N) is 1. The Morgan fingerprint density at radius 3 is 2.81 bits per heavy atom. The lowest BCUT2D eigenvalue weighted by Crippen LogP contribution is -2.26. The van der Waals surface area contributed by atoms with E-state index in [1.54, 1.807) is 0 Å². The van der Waals surface area contributed by atoms with Crippen LogP contribution in [0.4, 0.5) is 5.82 Å². The first-order valence-corrected chi connectivity index (χ1v) is 7.75. The van der Waals surface area contributed by atoms with Crippen molar-refractivity contribution in [3.8, 4) is 11.5 Å². The summed E-state index contributed by atoms with van der Waals surface area (Å²) < 4.78 is 0. The Hall–Kier alpha value is -1.88. The van der Waals surface area contributed by atoms with E-state index in [-0.39, 0.29) is 6.04 Å². The fourth-order valence-corrected chi connectivity index (χ4v) is 3.08. The topological polar surface area (TPSA) is 70.8 Å². The van der Waals surface area contributed by atoms with Crippen LogP contribution < -0.4 is 10.6 Å². The highest BCUT2D eigenvalue weighted by Gasteiger charge is 2.28. The van der Waals surface area contributed by atoms with Crippen LogP contribution in [-0.2, 0) is 0 Å². The van der Waals surface area contributed by atoms with E-state index in [0.717, 1.165) is 36.8 Å². The molecular weight excluding hydrogens is 262 g/mol. The molecule has 110 valence electrons. The molecule has 0 unspecified atom stereocenters. The molecule has 0 amide bonds. The highest BCUT2D eigenvalue weighted by atomic mass is 15.2. The van der Waals surface area contributed by atoms with Crippen molar-refractivity contribution < 1.29 is 0 Å². The number of nitrogens with two attached hydrogens (primary N) is 1. The van der Waals surface area contributed by atoms with E-state index in [2.05, 4.69) is 28.9 Å². The second kappa shape index (κ2) is 4.84. The smallest absolute Gasteiger partial charge is 0.156 e. The van der Waals surface area contributed by atoms with E-state index in [0.29, 0.717) is 5.92 Å². The summed E-state index contributed by atoms with van der Waals surface area (Å²) in [4.78, 5) is 15.2. The molecule has 3 N–H and O–H groups in total. The molecule has 1 saturated carbocycles. The number of anilines is 1. The highest BCUT2D eigenvalue weighted by molar-refractivity contribution is 5.55. The van der Waals surface area contributed by atoms with Crippen molar-refractivity contribution in [2.75, 3.05) is 18.0 Å². The van der Waals surface area contributed by atoms with E-state index in [1.165, 1.54) is 24.2 Å². The predicted octanol–water partition coefficient (Wildman–Crippen LogP) is 2.19. The van der Waals surface area contributed by atoms with Gasteiger partial charge in [-0.3, -0.25) is 0 Å². The lowest BCUT2D eigenvalue weighted by atomic mass is 10.2. The highest BCUT2D eigenvalue weighted by Crippen LogP contribution is 2.41. The van der Waals surface area contributed by atoms with Gasteiger partial charge in [0.1, 0.15) is 11.5 Å². The van der Waals surface area contributed by atoms with Gasteiger partial charge in [0, 0.05) is 30.7 Å². The minimum atomic E-state index is 0.266. The summed E-state index contributed by atoms with van der Waals surface area (Å²) in [6.07, 6.45) is 3.58. The van der Waals surface area contributed by atoms with Crippen LogP contribution in [0.3, 0.4) is 0 Å². The molecule has 2 aromatic heterocycles. The van der Waals surface area contributed by atoms with Gasteiger partial charge in [-0.15, -0.1) is 0 Å². The maximum Gasteiger partial charge on any atom is 0.156 e. The summed E-state index contributed by atoms with van der Waals surface area (Å²) in [5.74, 6) is 2.55. The number of hydrogen-bond donors (Lipinski definition) is 2. The number of pyridine rings is 1. The van der Waals surface area contributed by atoms with E-state index in [4.69, 9.17) is 15.7 Å². The van der Waals surface area contributed by atoms with Gasteiger partial charge in [-0.25, -0.2) is 9.97 Å². The fourth-order valence-electron chi connectivity index (χ4n) is 3.08. The lowest BCUT2D eigenvalue weighted by Gasteiger charge is -2.17. The lowest BCUT2D eigenvalue weighted by molar-refractivity contribution is 0.751. The monoisotopic (exact) mass is 283 g/mol. The fraction of sp³-hybridized carbons (Fsp3) is 0.500. The zero-order valence-corrected chi connectivity index (χ0v) is 12.3. The molecule has 5 heteroatoms. The molecule has 0 aromatic carbocycles. The average Bonchev–Trinajstić information content (AvgIpc) is 3.12. The van der Waals surface area contributed by atoms with Crippen LogP contribution >= 0.6 is 0 Å². The Morgan fingerprint density at radius 1 is 1.24 bits per heavy atom. The summed E-state index contributed by atoms with van der Waals surface area (Å²) in [5.41, 5.74) is 9.31. The first-order chi connectivity index (χ1) is 10.2. The van der Waals surface area contributed by atoms with Gasteiger partial charge in [0.15, 0.2) is 5.82 Å². The summed E-state index contributed by atoms with van der Waals surface area (Å²) in [7, 11) is 0. The van der Waals surface area contributed by atoms with E-state index < -0.39 is 0 Å². The van der Waals surface area contributed by atoms with Gasteiger partial charge in [0.2, 0.25) is 0 Å². The molecule has 1 aliphatic heterocycles. The van der Waals surface area contributed by atoms with Crippen LogP contribution in [0.2, 0.25) is 0 Å². The predicted molar refractivity (Wildman–Crippen MR) is 83.3 cm³/mol. The summed E-state index contributed by atoms with van der Waals surface area (Å²) in [6, 6.07) is 6.40. The van der Waals surface area contributed by atoms with Crippen LogP contribution in [-0.4, -0.2) is 34.1 Å². The number of aromatic amines is 1. The van der Waals surface area contributed by atoms with Gasteiger partial charge < -0.3 is 15.6 Å². The molecule has 5 nitrogen and oxygen atoms in total. The maximum absolute atomic E-state index is 5.99. The number of nitrogens with zero attached hydrogens (tertiary/aromatic N) is 3. The average molecular weight is 283 g/mol. The molecule has 2 aliphatic rings. The Balaban J connectivity index is 1.64. The van der Waals surface area contributed by atoms with Crippen LogP contribution in [0, 0.1) is 6.92 Å². The normalized spacial score (nSPS) is 22.0. The molecule has 21 heavy (non-hydrogen) atoms. The van der Waals surface area contributed by atoms with Crippen molar-refractivity contribution in [2.24, 2.45) is 5.73 Å². The summed E-state index contributed by atoms with van der Waals surface area (Å²) in [6.45, 7) is 3.98. The van der Waals surface area contributed by atoms with Gasteiger partial charge in [-0.05, 0) is 38.3 Å². The van der Waals surface area contributed by atoms with Gasteiger partial charge >= 0.3 is 0 Å². The molecule has 4 rings (SSSR count). The number of aromatic nitrogens is 3. The summed E-state index contributed by atoms with van der Waals surface area (Å²) in [5, 5.41) is 0. The van der Waals surface area contributed by atoms with Gasteiger partial charge in [-0.2, -0.15) is 0 Å². The van der Waals surface area contributed by atoms with Crippen molar-refractivity contribution in [3.05, 3.63) is 29.6 Å². The van der Waals surface area contributed by atoms with Crippen molar-refractivity contribution >= 4 is 5.82 Å². The van der Waals surface area contributed by atoms with Crippen LogP contribution in [0.25, 0.3) is 11.5 Å². The second-order valence-electron chi connectivity index (χ2n) is 6.25. The summed E-state index contributed by atoms with van der Waals surface area (Å²) >= 11 is 0. The largest absolute Gasteiger partial charge is 0.355 e. The number of imidazole rings is 1. The molecule has 0 spiro atoms. The molecule has 1 saturated heterocycles. The SMILES string of the molecule is Cc1[nH]c(-c2cccc(N3CC[C@@H](N)C3)n2)nc1C1CC1. The number of H-pyrrole nitrogens is 1. The van der Waals surface area contributed by atoms with E-state index in [9.17, 15) is 0 Å². The quantitative estimate of drug-likeness (QED) is 0.906. The maximum atomic E-state index is 5.99. The second-order valence-corrected chi connectivity index (χ2v) is 6.25. The first kappa shape index (κ1) is 12.8. The zero-order chi connectivity index (χ0) is 14.4. The minimum Gasteiger partial charge on any atom is -0.355 e. The third kappa shape index (κ3) is 2.42. The molecular formula is C16H21N5. The molecule has 1 atom stereocenters. The van der Waals surface area contributed by atoms with Gasteiger partial charge in [0.05, 0.1) is 5.69 Å². The third-order valence-electron chi connectivity index (χ3n) is 4.41. The third-order valence-corrected chi connectivity index (χ3v) is 4.41. The van der Waals surface area contributed by atoms with E-state index >= 15 is 0 Å². The molecule has 1 aliphatic carbocycles. The Labute approximate surface area is 124 Å². The molecule has 2 fully saturated rings. The van der Waals surface area contributed by atoms with Crippen molar-refractivity contribution in [3.63, 3.8) is 0 Å². The van der Waals surface area contributed by atoms with Crippen molar-refractivity contribution in [2.45, 2.75) is 38.1 Å². The number of hydrogen-bond acceptors (Lipinski definition) is 4. The van der Waals surface area contributed by atoms with E-state index in [1.807, 2.05) is 6.07 Å². The Morgan fingerprint density at radius 2 is 2.10 bits per heavy atom. The minimum absolute atomic E-state index is 0.266. The van der Waals surface area contributed by atoms with Crippen LogP contribution in [0.5, 0.6) is 0 Å². The van der Waals surface area contributed by atoms with Crippen LogP contribution in [0.15, 0.2) is 18.2 Å². The van der Waals surface area contributed by atoms with Crippen LogP contribution in [0.1, 0.15) is 36.6 Å². The Bertz CT molecular complexity index is 658. The van der Waals surface area contributed by atoms with Crippen molar-refractivity contribution in [1.29, 1.82) is 0 Å². The molecule has 3 heterocycles. The zero-order valence-electron chi connectivity index (χ0n) is 12.3. The van der Waals surface area contributed by atoms with Gasteiger partial charge in [-0.1, -0.05) is 6.07 Å². The molecule has 2 aromatic rings. The number of rotatable bonds is 3. The molecule has 0 radical (unpaired) electrons.